The van der Waals surface area contributed by atoms with Gasteiger partial charge in [-0.25, -0.2) is 34.4 Å². The molecule has 0 spiro atoms. The van der Waals surface area contributed by atoms with Crippen molar-refractivity contribution >= 4 is 134 Å². The fraction of sp³-hybridized carbons (Fsp3) is 0.579. The number of hydrogen-bond acceptors (Lipinski definition) is 26. The van der Waals surface area contributed by atoms with Crippen LogP contribution in [-0.4, -0.2) is 252 Å². The van der Waals surface area contributed by atoms with Crippen LogP contribution in [0.15, 0.2) is 53.9 Å². The Morgan fingerprint density at radius 1 is 0.686 bits per heavy atom. The second-order valence-electron chi connectivity index (χ2n) is 28.6. The maximum atomic E-state index is 15.1. The number of carboxylic acids is 5. The molecule has 0 saturated carbocycles. The van der Waals surface area contributed by atoms with Crippen LogP contribution in [0.4, 0.5) is 9.59 Å². The third-order valence-electron chi connectivity index (χ3n) is 18.9. The average Bonchev–Trinajstić information content (AvgIpc) is 0.936. The Labute approximate surface area is 693 Å². The topological polar surface area (TPSA) is 579 Å². The second kappa shape index (κ2) is 51.3. The van der Waals surface area contributed by atoms with Crippen molar-refractivity contribution in [2.45, 2.75) is 218 Å². The number of hydrazine groups is 1. The molecule has 0 radical (unpaired) electrons. The zero-order valence-corrected chi connectivity index (χ0v) is 69.5. The lowest BCUT2D eigenvalue weighted by molar-refractivity contribution is -0.175. The standard InChI is InChI=1S/C76H109N13O26S3/c1-9-17-63(98)114-42-89(70(104)64(43(3)10-2)85-69(103)56-20-14-15-33-88(56)8)57(76(6,7)115-45(5)90)26-28-60-80-54(40-116-60)66(100)78-32-30-47(37-48-38-49(91)23-22-44(48)4)65(99)86-87-75(112)113-34-35-117-118-41-55(73(109)110)82-67(101)52(36-46-18-12-11-13-19-46)81-68(102)53(39-62(96)97)79-59(93)21-16-31-77-58(92)27-24-50(71(105)106)83-74(111)84-51(72(107)108)25-29-61(94)95/h11-13,18-19,22-23,38,40,43,47,50-53,55-57,64,91H,9-10,14-17,20-21,24-37,39,41-42H2,1-8H3,(H,77,92)(H,78,100)(H,79,93)(H,81,102)(H,82,101)(H,85,103)(H,86,99)(H,87,112)(H,94,95)(H,96,97)(H,105,106)(H,107,108)(H,109,110)(H2,83,84,111)/t43?,47-,50+,51+,52+,53+,55+,56-,57?,64+/m1/s1. The molecule has 652 valence electrons. The summed E-state index contributed by atoms with van der Waals surface area (Å²) in [4.78, 5) is 227. The lowest BCUT2D eigenvalue weighted by atomic mass is 9.90. The van der Waals surface area contributed by atoms with Gasteiger partial charge in [0.05, 0.1) is 23.5 Å². The van der Waals surface area contributed by atoms with Crippen LogP contribution < -0.4 is 53.4 Å². The predicted molar refractivity (Wildman–Crippen MR) is 428 cm³/mol. The van der Waals surface area contributed by atoms with Crippen LogP contribution in [0.1, 0.15) is 170 Å². The third kappa shape index (κ3) is 36.3. The minimum atomic E-state index is -1.78. The zero-order chi connectivity index (χ0) is 87.8. The van der Waals surface area contributed by atoms with Crippen molar-refractivity contribution in [2.75, 3.05) is 51.5 Å². The highest BCUT2D eigenvalue weighted by Crippen LogP contribution is 2.30. The molecule has 1 aromatic heterocycles. The SMILES string of the molecule is CCCC(=O)OCN(C(=O)[C@@H](NC(=O)[C@H]1CCCCN1C)C(C)CC)C(CCc1nc(C(=O)NCC[C@H](Cc2cc(O)ccc2C)C(=O)NNC(=O)OCCSSC[C@H](NC(=O)[C@H](Cc2ccccc2)NC(=O)[C@H](CC(=O)O)NC(=O)CCCNC(=O)CC[C@H](NC(=O)N[C@@H](CCC(=O)O)C(=O)O)C(=O)O)C(=O)O)cs1)C(C)(C)OC(C)=O. The Hall–Kier alpha value is -10.9. The Balaban J connectivity index is 1.33. The van der Waals surface area contributed by atoms with Crippen molar-refractivity contribution in [2.24, 2.45) is 11.8 Å². The molecule has 2 aromatic carbocycles. The Morgan fingerprint density at radius 2 is 1.35 bits per heavy atom. The van der Waals surface area contributed by atoms with E-state index in [-0.39, 0.29) is 99.4 Å². The Kier molecular flexibility index (Phi) is 43.3. The first kappa shape index (κ1) is 99.5. The van der Waals surface area contributed by atoms with Crippen LogP contribution in [0.5, 0.6) is 5.75 Å². The van der Waals surface area contributed by atoms with E-state index in [4.69, 9.17) is 19.3 Å². The van der Waals surface area contributed by atoms with Gasteiger partial charge >= 0.3 is 53.9 Å². The number of benzene rings is 2. The summed E-state index contributed by atoms with van der Waals surface area (Å²) in [5.41, 5.74) is 4.91. The number of amides is 11. The monoisotopic (exact) mass is 1720 g/mol. The van der Waals surface area contributed by atoms with E-state index in [1.807, 2.05) is 36.4 Å². The number of ether oxygens (including phenoxy) is 3. The number of carboxylic acid groups (broad SMARTS) is 5. The van der Waals surface area contributed by atoms with Gasteiger partial charge in [-0.3, -0.25) is 67.9 Å². The van der Waals surface area contributed by atoms with E-state index < -0.39 is 200 Å². The third-order valence-corrected chi connectivity index (χ3v) is 22.2. The molecule has 11 amide bonds. The van der Waals surface area contributed by atoms with Crippen LogP contribution in [0, 0.1) is 18.8 Å². The number of phenolic OH excluding ortho intramolecular Hbond substituents is 1. The van der Waals surface area contributed by atoms with Crippen LogP contribution in [0.25, 0.3) is 0 Å². The van der Waals surface area contributed by atoms with E-state index in [1.165, 1.54) is 29.3 Å². The molecule has 0 bridgehead atoms. The number of aromatic hydroxyl groups is 1. The molecule has 1 aliphatic heterocycles. The van der Waals surface area contributed by atoms with Gasteiger partial charge < -0.3 is 92.3 Å². The first-order valence-electron chi connectivity index (χ1n) is 38.4. The summed E-state index contributed by atoms with van der Waals surface area (Å²) in [6.45, 7) is 11.4. The molecular weight excluding hydrogens is 1610 g/mol. The van der Waals surface area contributed by atoms with E-state index in [0.717, 1.165) is 51.3 Å². The molecule has 10 atom stereocenters. The number of nitrogens with zero attached hydrogens (tertiary/aromatic N) is 3. The number of likely N-dealkylation sites (N-methyl/N-ethyl adjacent to an activating group) is 1. The predicted octanol–water partition coefficient (Wildman–Crippen LogP) is 3.07. The Bertz CT molecular complexity index is 3950. The smallest absolute Gasteiger partial charge is 0.426 e. The molecule has 42 heteroatoms. The number of rotatable bonds is 52. The van der Waals surface area contributed by atoms with Crippen LogP contribution in [-0.2, 0) is 101 Å². The quantitative estimate of drug-likeness (QED) is 0.00964. The van der Waals surface area contributed by atoms with Gasteiger partial charge in [-0.05, 0) is 127 Å². The molecule has 1 fully saturated rings. The van der Waals surface area contributed by atoms with Crippen molar-refractivity contribution in [1.82, 2.24) is 68.2 Å². The van der Waals surface area contributed by atoms with Crippen LogP contribution >= 0.6 is 32.9 Å². The number of likely N-dealkylation sites (tertiary alicyclic amines) is 1. The first-order valence-corrected chi connectivity index (χ1v) is 41.7. The maximum Gasteiger partial charge on any atom is 0.426 e. The number of thiazole rings is 1. The second-order valence-corrected chi connectivity index (χ2v) is 32.1. The number of aromatic nitrogens is 1. The van der Waals surface area contributed by atoms with Gasteiger partial charge in [-0.1, -0.05) is 91.6 Å². The highest BCUT2D eigenvalue weighted by atomic mass is 33.1. The molecule has 2 heterocycles. The lowest BCUT2D eigenvalue weighted by Gasteiger charge is -2.43. The van der Waals surface area contributed by atoms with E-state index in [2.05, 4.69) is 47.7 Å². The largest absolute Gasteiger partial charge is 0.508 e. The molecular formula is C76H109N13O26S3. The first-order chi connectivity index (χ1) is 55.8. The van der Waals surface area contributed by atoms with Crippen molar-refractivity contribution in [3.05, 3.63) is 81.3 Å². The number of urea groups is 1. The van der Waals surface area contributed by atoms with Gasteiger partial charge in [0.25, 0.3) is 5.91 Å². The fourth-order valence-electron chi connectivity index (χ4n) is 12.3. The van der Waals surface area contributed by atoms with Crippen LogP contribution in [0.2, 0.25) is 0 Å². The molecule has 39 nitrogen and oxygen atoms in total. The number of aryl methyl sites for hydroxylation is 2. The van der Waals surface area contributed by atoms with Crippen molar-refractivity contribution in [3.63, 3.8) is 0 Å². The van der Waals surface area contributed by atoms with Crippen molar-refractivity contribution < 1.29 is 126 Å². The summed E-state index contributed by atoms with van der Waals surface area (Å²) in [5, 5.41) is 79.1. The molecule has 3 aromatic rings. The number of nitrogens with one attached hydrogen (secondary N) is 10. The molecule has 0 aliphatic carbocycles. The van der Waals surface area contributed by atoms with E-state index in [1.54, 1.807) is 64.1 Å². The van der Waals surface area contributed by atoms with Gasteiger partial charge in [0.15, 0.2) is 6.73 Å². The fourth-order valence-corrected chi connectivity index (χ4v) is 15.1. The summed E-state index contributed by atoms with van der Waals surface area (Å²) in [6.07, 6.45) is -1.27. The minimum Gasteiger partial charge on any atom is -0.508 e. The number of aliphatic carboxylic acids is 5. The summed E-state index contributed by atoms with van der Waals surface area (Å²) >= 11 is 1.14. The summed E-state index contributed by atoms with van der Waals surface area (Å²) in [5.74, 6) is -16.3. The average molecular weight is 1720 g/mol. The van der Waals surface area contributed by atoms with E-state index >= 15 is 4.79 Å². The van der Waals surface area contributed by atoms with Crippen molar-refractivity contribution in [1.29, 1.82) is 0 Å². The lowest BCUT2D eigenvalue weighted by Crippen LogP contribution is -2.62. The van der Waals surface area contributed by atoms with E-state index in [0.29, 0.717) is 41.9 Å². The Morgan fingerprint density at radius 3 is 1.97 bits per heavy atom. The molecule has 1 aliphatic rings. The summed E-state index contributed by atoms with van der Waals surface area (Å²) < 4.78 is 16.8. The summed E-state index contributed by atoms with van der Waals surface area (Å²) in [7, 11) is 3.85. The number of carbonyl (C=O) groups excluding carboxylic acids is 12. The zero-order valence-electron chi connectivity index (χ0n) is 67.1. The van der Waals surface area contributed by atoms with Crippen LogP contribution in [0.3, 0.4) is 0 Å². The number of phenols is 1. The molecule has 16 N–H and O–H groups in total. The van der Waals surface area contributed by atoms with Gasteiger partial charge in [0, 0.05) is 81.3 Å². The van der Waals surface area contributed by atoms with E-state index in [9.17, 15) is 102 Å². The van der Waals surface area contributed by atoms with Crippen molar-refractivity contribution in [3.8, 4) is 5.75 Å². The number of piperidine rings is 1. The highest BCUT2D eigenvalue weighted by molar-refractivity contribution is 8.76. The highest BCUT2D eigenvalue weighted by Gasteiger charge is 2.44. The number of esters is 2. The minimum absolute atomic E-state index is 0.00498. The molecule has 4 rings (SSSR count). The number of carbonyl (C=O) groups is 17. The normalized spacial score (nSPS) is 14.9. The van der Waals surface area contributed by atoms with Gasteiger partial charge in [-0.2, -0.15) is 0 Å². The van der Waals surface area contributed by atoms with Gasteiger partial charge in [0.2, 0.25) is 41.4 Å². The maximum absolute atomic E-state index is 15.1. The van der Waals surface area contributed by atoms with Gasteiger partial charge in [-0.15, -0.1) is 11.3 Å². The summed E-state index contributed by atoms with van der Waals surface area (Å²) in [6, 6.07) is 0.670. The molecule has 118 heavy (non-hydrogen) atoms. The van der Waals surface area contributed by atoms with Gasteiger partial charge in [0.1, 0.15) is 59.9 Å². The molecule has 1 saturated heterocycles. The molecule has 2 unspecified atom stereocenters. The number of hydrogen-bond donors (Lipinski definition) is 16.